The first-order valence-electron chi connectivity index (χ1n) is 10.3. The molecule has 24 heavy (non-hydrogen) atoms. The Hall–Kier alpha value is -0.610. The van der Waals surface area contributed by atoms with Crippen LogP contribution in [0.2, 0.25) is 0 Å². The van der Waals surface area contributed by atoms with Crippen molar-refractivity contribution < 1.29 is 19.4 Å². The first-order chi connectivity index (χ1) is 11.7. The number of esters is 1. The minimum atomic E-state index is -0.707. The zero-order valence-corrected chi connectivity index (χ0v) is 13.5. The molecule has 2 spiro atoms. The molecule has 10 aliphatic rings. The summed E-state index contributed by atoms with van der Waals surface area (Å²) in [5.74, 6) is 6.37. The van der Waals surface area contributed by atoms with Gasteiger partial charge in [-0.1, -0.05) is 0 Å². The first-order valence-corrected chi connectivity index (χ1v) is 10.3. The Kier molecular flexibility index (Phi) is 1.44. The van der Waals surface area contributed by atoms with Crippen LogP contribution in [-0.4, -0.2) is 29.6 Å². The maximum Gasteiger partial charge on any atom is 0.313 e. The van der Waals surface area contributed by atoms with Crippen molar-refractivity contribution in [2.45, 2.75) is 44.2 Å². The van der Waals surface area contributed by atoms with Crippen molar-refractivity contribution >= 4 is 5.97 Å². The average molecular weight is 326 g/mol. The number of rotatable bonds is 0. The van der Waals surface area contributed by atoms with Gasteiger partial charge in [0.1, 0.15) is 6.10 Å². The van der Waals surface area contributed by atoms with Crippen LogP contribution in [0, 0.1) is 70.0 Å². The molecule has 4 heteroatoms. The van der Waals surface area contributed by atoms with Crippen molar-refractivity contribution in [3.05, 3.63) is 0 Å². The van der Waals surface area contributed by atoms with E-state index < -0.39 is 6.29 Å². The van der Waals surface area contributed by atoms with Gasteiger partial charge in [0, 0.05) is 11.3 Å². The second kappa shape index (κ2) is 2.90. The molecule has 0 aromatic rings. The number of aliphatic hydroxyl groups excluding tert-OH is 1. The second-order valence-corrected chi connectivity index (χ2v) is 10.7. The number of ether oxygens (including phenoxy) is 2. The Balaban J connectivity index is 1.44. The van der Waals surface area contributed by atoms with E-state index in [9.17, 15) is 9.90 Å². The summed E-state index contributed by atoms with van der Waals surface area (Å²) in [5, 5.41) is 11.4. The van der Waals surface area contributed by atoms with Crippen LogP contribution >= 0.6 is 0 Å². The van der Waals surface area contributed by atoms with E-state index in [-0.39, 0.29) is 29.0 Å². The third-order valence-corrected chi connectivity index (χ3v) is 11.5. The molecule has 8 aliphatic carbocycles. The molecule has 0 amide bonds. The third-order valence-electron chi connectivity index (χ3n) is 11.5. The van der Waals surface area contributed by atoms with E-state index >= 15 is 0 Å². The summed E-state index contributed by atoms with van der Waals surface area (Å²) in [5.41, 5.74) is -0.608. The van der Waals surface area contributed by atoms with Gasteiger partial charge in [0.2, 0.25) is 0 Å². The van der Waals surface area contributed by atoms with E-state index in [1.54, 1.807) is 0 Å². The molecule has 10 fully saturated rings. The molecule has 10 rings (SSSR count). The Morgan fingerprint density at radius 1 is 0.833 bits per heavy atom. The predicted molar refractivity (Wildman–Crippen MR) is 79.0 cm³/mol. The van der Waals surface area contributed by atoms with Gasteiger partial charge in [-0.25, -0.2) is 0 Å². The minimum Gasteiger partial charge on any atom is -0.462 e. The molecular formula is C20H22O4. The highest BCUT2D eigenvalue weighted by molar-refractivity contribution is 5.85. The quantitative estimate of drug-likeness (QED) is 0.684. The molecule has 4 nitrogen and oxygen atoms in total. The largest absolute Gasteiger partial charge is 0.462 e. The van der Waals surface area contributed by atoms with E-state index in [2.05, 4.69) is 0 Å². The number of carbonyl (C=O) groups is 1. The number of hydrogen-bond donors (Lipinski definition) is 1. The average Bonchev–Trinajstić information content (AvgIpc) is 3.34. The van der Waals surface area contributed by atoms with Crippen LogP contribution in [0.4, 0.5) is 0 Å². The van der Waals surface area contributed by atoms with Crippen molar-refractivity contribution in [3.63, 3.8) is 0 Å². The van der Waals surface area contributed by atoms with Crippen LogP contribution in [0.25, 0.3) is 0 Å². The molecule has 2 saturated heterocycles. The summed E-state index contributed by atoms with van der Waals surface area (Å²) in [4.78, 5) is 13.6. The maximum absolute atomic E-state index is 13.6. The fraction of sp³-hybridized carbons (Fsp3) is 0.950. The van der Waals surface area contributed by atoms with Crippen LogP contribution in [0.5, 0.6) is 0 Å². The molecule has 0 aromatic heterocycles. The van der Waals surface area contributed by atoms with E-state index in [1.165, 1.54) is 12.8 Å². The zero-order valence-electron chi connectivity index (χ0n) is 13.5. The standard InChI is InChI=1S/C20H22O4/c21-17-19-13-5-1-3-7-9(5)15-11(13)12-14(20(15,19)18(22)23-7)6-2-4-8(24-17)10(6)16(12)19/h5-17,21H,1-4H2/t5-,6-,7-,8+,9+,10+,11+,12+,13+,14-,15+,16+,17+,19-,20-/m1/s1. The fourth-order valence-corrected chi connectivity index (χ4v) is 12.3. The summed E-state index contributed by atoms with van der Waals surface area (Å²) < 4.78 is 12.4. The lowest BCUT2D eigenvalue weighted by Crippen LogP contribution is -2.72. The van der Waals surface area contributed by atoms with Crippen molar-refractivity contribution in [1.29, 1.82) is 0 Å². The Morgan fingerprint density at radius 2 is 1.54 bits per heavy atom. The predicted octanol–water partition coefficient (Wildman–Crippen LogP) is 1.42. The summed E-state index contributed by atoms with van der Waals surface area (Å²) >= 11 is 0. The molecule has 8 saturated carbocycles. The van der Waals surface area contributed by atoms with Gasteiger partial charge in [0.15, 0.2) is 6.29 Å². The van der Waals surface area contributed by atoms with Gasteiger partial charge in [-0.3, -0.25) is 4.79 Å². The minimum absolute atomic E-state index is 0.100. The van der Waals surface area contributed by atoms with Crippen molar-refractivity contribution in [3.8, 4) is 0 Å². The number of aliphatic hydroxyl groups is 1. The highest BCUT2D eigenvalue weighted by Crippen LogP contribution is 2.99. The summed E-state index contributed by atoms with van der Waals surface area (Å²) in [6, 6.07) is 0. The Bertz CT molecular complexity index is 747. The topological polar surface area (TPSA) is 55.8 Å². The number of hydrogen-bond acceptors (Lipinski definition) is 4. The lowest BCUT2D eigenvalue weighted by Gasteiger charge is -2.65. The molecule has 15 atom stereocenters. The van der Waals surface area contributed by atoms with Gasteiger partial charge in [-0.2, -0.15) is 0 Å². The Labute approximate surface area is 140 Å². The van der Waals surface area contributed by atoms with E-state index in [0.29, 0.717) is 59.2 Å². The molecule has 126 valence electrons. The molecule has 1 N–H and O–H groups in total. The van der Waals surface area contributed by atoms with Crippen LogP contribution in [0.15, 0.2) is 0 Å². The van der Waals surface area contributed by atoms with Crippen molar-refractivity contribution in [1.82, 2.24) is 0 Å². The van der Waals surface area contributed by atoms with Gasteiger partial charge in [0.05, 0.1) is 11.5 Å². The normalized spacial score (nSPS) is 81.9. The molecule has 0 radical (unpaired) electrons. The van der Waals surface area contributed by atoms with E-state index in [0.717, 1.165) is 12.8 Å². The molecular weight excluding hydrogens is 304 g/mol. The monoisotopic (exact) mass is 326 g/mol. The lowest BCUT2D eigenvalue weighted by molar-refractivity contribution is -0.335. The third kappa shape index (κ3) is 0.680. The fourth-order valence-electron chi connectivity index (χ4n) is 12.3. The SMILES string of the molecule is O=C1O[C@@H]2CC[C@@H]3[C@@H]2[C@H]2[C@H]4[C@H]5[C@H]6[C@@H]7CC[C@@H]8O[C@H](O)[C@]([C@H]5[C@@H]78)([C@@H]34)[C@@]126. The van der Waals surface area contributed by atoms with Crippen LogP contribution < -0.4 is 0 Å². The molecule has 0 unspecified atom stereocenters. The van der Waals surface area contributed by atoms with Crippen LogP contribution in [0.1, 0.15) is 25.7 Å². The van der Waals surface area contributed by atoms with Crippen LogP contribution in [0.3, 0.4) is 0 Å². The van der Waals surface area contributed by atoms with Gasteiger partial charge in [0.25, 0.3) is 0 Å². The molecule has 8 bridgehead atoms. The van der Waals surface area contributed by atoms with Crippen molar-refractivity contribution in [2.24, 2.45) is 70.0 Å². The van der Waals surface area contributed by atoms with E-state index in [4.69, 9.17) is 9.47 Å². The van der Waals surface area contributed by atoms with Crippen molar-refractivity contribution in [2.75, 3.05) is 0 Å². The first kappa shape index (κ1) is 11.9. The highest BCUT2D eigenvalue weighted by atomic mass is 16.6. The summed E-state index contributed by atoms with van der Waals surface area (Å²) in [6.07, 6.45) is 4.37. The smallest absolute Gasteiger partial charge is 0.313 e. The van der Waals surface area contributed by atoms with Gasteiger partial charge in [-0.05, 0) is 78.9 Å². The number of carbonyl (C=O) groups excluding carboxylic acids is 1. The van der Waals surface area contributed by atoms with Gasteiger partial charge in [-0.15, -0.1) is 0 Å². The molecule has 2 aliphatic heterocycles. The van der Waals surface area contributed by atoms with Gasteiger partial charge < -0.3 is 14.6 Å². The Morgan fingerprint density at radius 3 is 2.42 bits per heavy atom. The highest BCUT2D eigenvalue weighted by Gasteiger charge is 3.02. The molecule has 2 heterocycles. The second-order valence-electron chi connectivity index (χ2n) is 10.7. The maximum atomic E-state index is 13.6. The lowest BCUT2D eigenvalue weighted by atomic mass is 9.42. The summed E-state index contributed by atoms with van der Waals surface area (Å²) in [7, 11) is 0. The summed E-state index contributed by atoms with van der Waals surface area (Å²) in [6.45, 7) is 0. The van der Waals surface area contributed by atoms with E-state index in [1.807, 2.05) is 0 Å². The van der Waals surface area contributed by atoms with Gasteiger partial charge >= 0.3 is 5.97 Å². The zero-order chi connectivity index (χ0) is 15.3. The molecule has 0 aromatic carbocycles. The van der Waals surface area contributed by atoms with Crippen LogP contribution in [-0.2, 0) is 14.3 Å².